The van der Waals surface area contributed by atoms with E-state index in [1.807, 2.05) is 65.0 Å². The van der Waals surface area contributed by atoms with Gasteiger partial charge in [-0.15, -0.1) is 0 Å². The molecule has 1 aromatic carbocycles. The molecule has 0 fully saturated rings. The quantitative estimate of drug-likeness (QED) is 0.407. The van der Waals surface area contributed by atoms with Crippen molar-refractivity contribution in [3.05, 3.63) is 62.6 Å². The highest BCUT2D eigenvalue weighted by molar-refractivity contribution is 8.00. The van der Waals surface area contributed by atoms with Crippen molar-refractivity contribution in [2.24, 2.45) is 14.1 Å². The van der Waals surface area contributed by atoms with E-state index in [0.29, 0.717) is 23.9 Å². The molecule has 0 spiro atoms. The van der Waals surface area contributed by atoms with E-state index in [1.54, 1.807) is 11.9 Å². The van der Waals surface area contributed by atoms with Gasteiger partial charge in [-0.25, -0.2) is 14.8 Å². The van der Waals surface area contributed by atoms with Crippen molar-refractivity contribution in [3.8, 4) is 0 Å². The molecule has 9 heteroatoms. The van der Waals surface area contributed by atoms with Crippen LogP contribution in [0.4, 0.5) is 0 Å². The Kier molecular flexibility index (Phi) is 7.11. The van der Waals surface area contributed by atoms with Crippen LogP contribution in [-0.2, 0) is 24.3 Å². The summed E-state index contributed by atoms with van der Waals surface area (Å²) in [5.74, 6) is 0.449. The van der Waals surface area contributed by atoms with Gasteiger partial charge in [0.25, 0.3) is 5.56 Å². The molecule has 0 saturated carbocycles. The first-order chi connectivity index (χ1) is 15.5. The van der Waals surface area contributed by atoms with Gasteiger partial charge >= 0.3 is 5.69 Å². The molecule has 8 nitrogen and oxygen atoms in total. The number of thioether (sulfide) groups is 1. The Bertz CT molecular complexity index is 1290. The Hall–Kier alpha value is -2.94. The second kappa shape index (κ2) is 9.51. The summed E-state index contributed by atoms with van der Waals surface area (Å²) < 4.78 is 2.41. The lowest BCUT2D eigenvalue weighted by Gasteiger charge is -2.26. The molecular formula is C24H31N5O3S. The van der Waals surface area contributed by atoms with Crippen molar-refractivity contribution in [3.63, 3.8) is 0 Å². The van der Waals surface area contributed by atoms with Gasteiger partial charge in [0.1, 0.15) is 21.5 Å². The fourth-order valence-corrected chi connectivity index (χ4v) is 4.75. The van der Waals surface area contributed by atoms with Gasteiger partial charge < -0.3 is 4.90 Å². The van der Waals surface area contributed by atoms with Crippen LogP contribution in [0.15, 0.2) is 44.9 Å². The van der Waals surface area contributed by atoms with Crippen LogP contribution in [0.3, 0.4) is 0 Å². The van der Waals surface area contributed by atoms with Crippen LogP contribution in [0, 0.1) is 0 Å². The average molecular weight is 470 g/mol. The fraction of sp³-hybridized carbons (Fsp3) is 0.458. The summed E-state index contributed by atoms with van der Waals surface area (Å²) >= 11 is 1.24. The molecule has 1 amide bonds. The molecule has 33 heavy (non-hydrogen) atoms. The van der Waals surface area contributed by atoms with E-state index in [4.69, 9.17) is 4.98 Å². The van der Waals surface area contributed by atoms with Crippen molar-refractivity contribution in [2.45, 2.75) is 50.3 Å². The molecule has 0 aliphatic carbocycles. The second-order valence-corrected chi connectivity index (χ2v) is 10.0. The number of aryl methyl sites for hydroxylation is 1. The lowest BCUT2D eigenvalue weighted by atomic mass is 9.96. The number of hydrogen-bond acceptors (Lipinski definition) is 6. The van der Waals surface area contributed by atoms with Gasteiger partial charge in [-0.3, -0.25) is 18.7 Å². The van der Waals surface area contributed by atoms with E-state index >= 15 is 0 Å². The number of carbonyl (C=O) groups is 1. The molecular weight excluding hydrogens is 438 g/mol. The third-order valence-corrected chi connectivity index (χ3v) is 6.80. The topological polar surface area (TPSA) is 90.1 Å². The molecule has 2 heterocycles. The Balaban J connectivity index is 2.32. The molecule has 3 aromatic rings. The molecule has 0 aliphatic rings. The molecule has 0 saturated heterocycles. The first kappa shape index (κ1) is 24.7. The van der Waals surface area contributed by atoms with Crippen LogP contribution in [0.1, 0.15) is 51.3 Å². The summed E-state index contributed by atoms with van der Waals surface area (Å²) in [6.07, 6.45) is 0. The predicted octanol–water partition coefficient (Wildman–Crippen LogP) is 3.03. The van der Waals surface area contributed by atoms with Gasteiger partial charge in [0.2, 0.25) is 5.91 Å². The average Bonchev–Trinajstić information content (AvgIpc) is 2.79. The summed E-state index contributed by atoms with van der Waals surface area (Å²) in [7, 11) is 3.03. The molecule has 3 rings (SSSR count). The molecule has 0 bridgehead atoms. The van der Waals surface area contributed by atoms with Crippen molar-refractivity contribution in [2.75, 3.05) is 13.1 Å². The van der Waals surface area contributed by atoms with Gasteiger partial charge in [0.15, 0.2) is 5.65 Å². The van der Waals surface area contributed by atoms with Gasteiger partial charge in [0, 0.05) is 32.6 Å². The zero-order valence-corrected chi connectivity index (χ0v) is 21.1. The number of amides is 1. The van der Waals surface area contributed by atoms with Crippen LogP contribution >= 0.6 is 11.8 Å². The van der Waals surface area contributed by atoms with E-state index in [0.717, 1.165) is 10.1 Å². The van der Waals surface area contributed by atoms with Gasteiger partial charge in [0.05, 0.1) is 0 Å². The summed E-state index contributed by atoms with van der Waals surface area (Å²) in [6, 6.07) is 9.48. The minimum absolute atomic E-state index is 0.0538. The SMILES string of the molecule is CCN(CC)C(=O)C(Sc1nc(C(C)(C)C)nc2c1c(=O)n(C)c(=O)n2C)c1ccccc1. The Morgan fingerprint density at radius 1 is 1.03 bits per heavy atom. The highest BCUT2D eigenvalue weighted by atomic mass is 32.2. The van der Waals surface area contributed by atoms with Crippen LogP contribution < -0.4 is 11.2 Å². The van der Waals surface area contributed by atoms with E-state index < -0.39 is 21.9 Å². The van der Waals surface area contributed by atoms with Crippen molar-refractivity contribution in [1.29, 1.82) is 0 Å². The van der Waals surface area contributed by atoms with E-state index in [9.17, 15) is 14.4 Å². The molecule has 0 radical (unpaired) electrons. The lowest BCUT2D eigenvalue weighted by molar-refractivity contribution is -0.130. The molecule has 2 aromatic heterocycles. The standard InChI is InChI=1S/C24H31N5O3S/c1-8-29(9-2)21(31)17(15-13-11-10-12-14-15)33-19-16-18(25-22(26-19)24(3,4)5)27(6)23(32)28(7)20(16)30/h10-14,17H,8-9H2,1-7H3. The second-order valence-electron chi connectivity index (χ2n) is 8.93. The molecule has 176 valence electrons. The summed E-state index contributed by atoms with van der Waals surface area (Å²) in [5.41, 5.74) is -0.261. The number of likely N-dealkylation sites (N-methyl/N-ethyl adjacent to an activating group) is 1. The van der Waals surface area contributed by atoms with Gasteiger partial charge in [-0.1, -0.05) is 62.9 Å². The largest absolute Gasteiger partial charge is 0.342 e. The molecule has 1 unspecified atom stereocenters. The highest BCUT2D eigenvalue weighted by Gasteiger charge is 2.30. The van der Waals surface area contributed by atoms with Crippen molar-refractivity contribution >= 4 is 28.7 Å². The number of nitrogens with zero attached hydrogens (tertiary/aromatic N) is 5. The minimum Gasteiger partial charge on any atom is -0.342 e. The summed E-state index contributed by atoms with van der Waals surface area (Å²) in [4.78, 5) is 50.4. The van der Waals surface area contributed by atoms with Crippen molar-refractivity contribution < 1.29 is 4.79 Å². The summed E-state index contributed by atoms with van der Waals surface area (Å²) in [5, 5.41) is 0.0420. The normalized spacial score (nSPS) is 12.7. The number of fused-ring (bicyclic) bond motifs is 1. The van der Waals surface area contributed by atoms with Crippen LogP contribution in [-0.4, -0.2) is 43.0 Å². The zero-order chi connectivity index (χ0) is 24.5. The fourth-order valence-electron chi connectivity index (χ4n) is 3.55. The predicted molar refractivity (Wildman–Crippen MR) is 132 cm³/mol. The van der Waals surface area contributed by atoms with E-state index in [2.05, 4.69) is 4.98 Å². The first-order valence-electron chi connectivity index (χ1n) is 11.0. The monoisotopic (exact) mass is 469 g/mol. The smallest absolute Gasteiger partial charge is 0.332 e. The molecule has 1 atom stereocenters. The van der Waals surface area contributed by atoms with E-state index in [1.165, 1.54) is 23.4 Å². The van der Waals surface area contributed by atoms with Crippen LogP contribution in [0.25, 0.3) is 11.0 Å². The number of aromatic nitrogens is 4. The van der Waals surface area contributed by atoms with Crippen LogP contribution in [0.5, 0.6) is 0 Å². The molecule has 0 aliphatic heterocycles. The Morgan fingerprint density at radius 2 is 1.64 bits per heavy atom. The third kappa shape index (κ3) is 4.73. The van der Waals surface area contributed by atoms with E-state index in [-0.39, 0.29) is 16.9 Å². The third-order valence-electron chi connectivity index (χ3n) is 5.57. The van der Waals surface area contributed by atoms with Gasteiger partial charge in [-0.2, -0.15) is 0 Å². The highest BCUT2D eigenvalue weighted by Crippen LogP contribution is 2.38. The maximum Gasteiger partial charge on any atom is 0.332 e. The number of benzene rings is 1. The number of rotatable bonds is 6. The summed E-state index contributed by atoms with van der Waals surface area (Å²) in [6.45, 7) is 10.9. The van der Waals surface area contributed by atoms with Crippen LogP contribution in [0.2, 0.25) is 0 Å². The number of carbonyl (C=O) groups excluding carboxylic acids is 1. The minimum atomic E-state index is -0.598. The Morgan fingerprint density at radius 3 is 2.18 bits per heavy atom. The van der Waals surface area contributed by atoms with Gasteiger partial charge in [-0.05, 0) is 19.4 Å². The maximum atomic E-state index is 13.5. The van der Waals surface area contributed by atoms with Crippen molar-refractivity contribution in [1.82, 2.24) is 24.0 Å². The lowest BCUT2D eigenvalue weighted by Crippen LogP contribution is -2.38. The maximum absolute atomic E-state index is 13.5. The number of hydrogen-bond donors (Lipinski definition) is 0. The Labute approximate surface area is 197 Å². The zero-order valence-electron chi connectivity index (χ0n) is 20.2. The first-order valence-corrected chi connectivity index (χ1v) is 11.9. The molecule has 0 N–H and O–H groups in total.